The van der Waals surface area contributed by atoms with Crippen LogP contribution in [0.5, 0.6) is 0 Å². The predicted molar refractivity (Wildman–Crippen MR) is 96.0 cm³/mol. The smallest absolute Gasteiger partial charge is 0.279 e. The number of piperidine rings is 1. The molecule has 134 valence electrons. The zero-order valence-electron chi connectivity index (χ0n) is 14.8. The number of likely N-dealkylation sites (tertiary alicyclic amines) is 1. The largest absolute Gasteiger partial charge is 0.438 e. The van der Waals surface area contributed by atoms with Gasteiger partial charge in [0.15, 0.2) is 11.3 Å². The number of nitrogens with one attached hydrogen (secondary N) is 1. The molecule has 1 amide bonds. The summed E-state index contributed by atoms with van der Waals surface area (Å²) >= 11 is 0. The molecule has 7 heteroatoms. The maximum absolute atomic E-state index is 13.1. The number of carbonyl (C=O) groups excluding carboxylic acids is 1. The molecule has 0 bridgehead atoms. The molecule has 1 N–H and O–H groups in total. The number of aromatic nitrogens is 3. The molecule has 1 unspecified atom stereocenters. The lowest BCUT2D eigenvalue weighted by Crippen LogP contribution is -2.41. The number of rotatable bonds is 2. The fraction of sp³-hybridized carbons (Fsp3) is 0.368. The van der Waals surface area contributed by atoms with Crippen molar-refractivity contribution in [3.05, 3.63) is 57.6 Å². The van der Waals surface area contributed by atoms with Crippen LogP contribution in [0.25, 0.3) is 11.1 Å². The molecule has 1 atom stereocenters. The second-order valence-corrected chi connectivity index (χ2v) is 6.65. The van der Waals surface area contributed by atoms with Crippen molar-refractivity contribution in [2.75, 3.05) is 6.54 Å². The van der Waals surface area contributed by atoms with Crippen LogP contribution in [0.15, 0.2) is 33.5 Å². The molecule has 0 spiro atoms. The molecule has 3 aromatic rings. The third-order valence-corrected chi connectivity index (χ3v) is 4.90. The molecule has 1 aliphatic rings. The Balaban J connectivity index is 1.72. The van der Waals surface area contributed by atoms with Crippen molar-refractivity contribution in [1.29, 1.82) is 0 Å². The summed E-state index contributed by atoms with van der Waals surface area (Å²) in [5.74, 6) is 0.140. The SMILES string of the molecule is Cc1nc(C(=O)N2CCCCC2c2nc3ccccc3o2)c(=O)[nH]c1C. The van der Waals surface area contributed by atoms with E-state index in [0.29, 0.717) is 29.4 Å². The number of hydrogen-bond acceptors (Lipinski definition) is 5. The highest BCUT2D eigenvalue weighted by Gasteiger charge is 2.34. The van der Waals surface area contributed by atoms with Crippen LogP contribution < -0.4 is 5.56 Å². The number of H-pyrrole nitrogens is 1. The molecular weight excluding hydrogens is 332 g/mol. The summed E-state index contributed by atoms with van der Waals surface area (Å²) in [7, 11) is 0. The van der Waals surface area contributed by atoms with Crippen LogP contribution in [0.1, 0.15) is 53.1 Å². The van der Waals surface area contributed by atoms with E-state index in [-0.39, 0.29) is 17.6 Å². The van der Waals surface area contributed by atoms with Gasteiger partial charge in [-0.1, -0.05) is 12.1 Å². The van der Waals surface area contributed by atoms with E-state index in [1.54, 1.807) is 18.7 Å². The summed E-state index contributed by atoms with van der Waals surface area (Å²) in [5, 5.41) is 0. The zero-order chi connectivity index (χ0) is 18.3. The molecule has 4 rings (SSSR count). The zero-order valence-corrected chi connectivity index (χ0v) is 14.8. The van der Waals surface area contributed by atoms with Crippen molar-refractivity contribution < 1.29 is 9.21 Å². The van der Waals surface area contributed by atoms with Gasteiger partial charge in [0.1, 0.15) is 11.6 Å². The minimum atomic E-state index is -0.458. The van der Waals surface area contributed by atoms with Crippen molar-refractivity contribution in [2.45, 2.75) is 39.2 Å². The van der Waals surface area contributed by atoms with Crippen molar-refractivity contribution in [2.24, 2.45) is 0 Å². The van der Waals surface area contributed by atoms with E-state index in [1.165, 1.54) is 0 Å². The van der Waals surface area contributed by atoms with Crippen molar-refractivity contribution in [3.63, 3.8) is 0 Å². The van der Waals surface area contributed by atoms with Gasteiger partial charge in [-0.05, 0) is 45.2 Å². The fourth-order valence-electron chi connectivity index (χ4n) is 3.37. The number of aromatic amines is 1. The average Bonchev–Trinajstić information content (AvgIpc) is 3.08. The minimum absolute atomic E-state index is 0.0730. The summed E-state index contributed by atoms with van der Waals surface area (Å²) in [6.07, 6.45) is 2.61. The number of hydrogen-bond donors (Lipinski definition) is 1. The number of oxazole rings is 1. The molecular formula is C19H20N4O3. The number of carbonyl (C=O) groups is 1. The molecule has 3 heterocycles. The first-order chi connectivity index (χ1) is 12.5. The highest BCUT2D eigenvalue weighted by molar-refractivity contribution is 5.92. The van der Waals surface area contributed by atoms with Crippen LogP contribution >= 0.6 is 0 Å². The lowest BCUT2D eigenvalue weighted by atomic mass is 10.0. The molecule has 1 aromatic carbocycles. The third-order valence-electron chi connectivity index (χ3n) is 4.90. The number of aryl methyl sites for hydroxylation is 2. The van der Waals surface area contributed by atoms with E-state index in [4.69, 9.17) is 4.42 Å². The number of fused-ring (bicyclic) bond motifs is 1. The monoisotopic (exact) mass is 352 g/mol. The molecule has 2 aromatic heterocycles. The van der Waals surface area contributed by atoms with E-state index in [0.717, 1.165) is 24.8 Å². The summed E-state index contributed by atoms with van der Waals surface area (Å²) in [4.78, 5) is 38.5. The fourth-order valence-corrected chi connectivity index (χ4v) is 3.37. The highest BCUT2D eigenvalue weighted by atomic mass is 16.3. The normalized spacial score (nSPS) is 17.6. The van der Waals surface area contributed by atoms with Gasteiger partial charge in [-0.15, -0.1) is 0 Å². The van der Waals surface area contributed by atoms with Gasteiger partial charge in [0.05, 0.1) is 5.69 Å². The quantitative estimate of drug-likeness (QED) is 0.765. The summed E-state index contributed by atoms with van der Waals surface area (Å²) in [5.41, 5.74) is 2.24. The second-order valence-electron chi connectivity index (χ2n) is 6.65. The molecule has 1 saturated heterocycles. The highest BCUT2D eigenvalue weighted by Crippen LogP contribution is 2.32. The molecule has 0 aliphatic carbocycles. The topological polar surface area (TPSA) is 92.1 Å². The van der Waals surface area contributed by atoms with E-state index in [9.17, 15) is 9.59 Å². The van der Waals surface area contributed by atoms with E-state index in [2.05, 4.69) is 15.0 Å². The maximum Gasteiger partial charge on any atom is 0.279 e. The first-order valence-electron chi connectivity index (χ1n) is 8.78. The Labute approximate surface area is 150 Å². The van der Waals surface area contributed by atoms with Gasteiger partial charge in [-0.2, -0.15) is 0 Å². The van der Waals surface area contributed by atoms with Crippen LogP contribution in [-0.2, 0) is 0 Å². The van der Waals surface area contributed by atoms with E-state index in [1.807, 2.05) is 24.3 Å². The van der Waals surface area contributed by atoms with Gasteiger partial charge in [-0.25, -0.2) is 9.97 Å². The van der Waals surface area contributed by atoms with Crippen LogP contribution in [0.3, 0.4) is 0 Å². The summed E-state index contributed by atoms with van der Waals surface area (Å²) in [6, 6.07) is 7.24. The Morgan fingerprint density at radius 2 is 2.04 bits per heavy atom. The second kappa shape index (κ2) is 6.40. The predicted octanol–water partition coefficient (Wildman–Crippen LogP) is 2.90. The number of nitrogens with zero attached hydrogens (tertiary/aromatic N) is 3. The molecule has 1 aliphatic heterocycles. The Morgan fingerprint density at radius 1 is 1.23 bits per heavy atom. The number of benzene rings is 1. The first-order valence-corrected chi connectivity index (χ1v) is 8.78. The third kappa shape index (κ3) is 2.79. The molecule has 0 radical (unpaired) electrons. The van der Waals surface area contributed by atoms with Crippen LogP contribution in [0.4, 0.5) is 0 Å². The molecule has 1 fully saturated rings. The first kappa shape index (κ1) is 16.5. The van der Waals surface area contributed by atoms with Crippen molar-refractivity contribution in [1.82, 2.24) is 19.9 Å². The summed E-state index contributed by atoms with van der Waals surface area (Å²) < 4.78 is 5.89. The van der Waals surface area contributed by atoms with Crippen molar-refractivity contribution in [3.8, 4) is 0 Å². The molecule has 7 nitrogen and oxygen atoms in total. The lowest BCUT2D eigenvalue weighted by molar-refractivity contribution is 0.0566. The van der Waals surface area contributed by atoms with Gasteiger partial charge in [0.2, 0.25) is 5.89 Å². The summed E-state index contributed by atoms with van der Waals surface area (Å²) in [6.45, 7) is 4.09. The maximum atomic E-state index is 13.1. The van der Waals surface area contributed by atoms with E-state index >= 15 is 0 Å². The standard InChI is InChI=1S/C19H20N4O3/c1-11-12(2)21-17(24)16(20-11)19(25)23-10-6-5-8-14(23)18-22-13-7-3-4-9-15(13)26-18/h3-4,7,9,14H,5-6,8,10H2,1-2H3,(H,21,24). The van der Waals surface area contributed by atoms with Crippen LogP contribution in [0, 0.1) is 13.8 Å². The van der Waals surface area contributed by atoms with Crippen LogP contribution in [0.2, 0.25) is 0 Å². The molecule has 0 saturated carbocycles. The van der Waals surface area contributed by atoms with Gasteiger partial charge >= 0.3 is 0 Å². The van der Waals surface area contributed by atoms with Crippen LogP contribution in [-0.4, -0.2) is 32.3 Å². The number of para-hydroxylation sites is 2. The van der Waals surface area contributed by atoms with Gasteiger partial charge < -0.3 is 14.3 Å². The van der Waals surface area contributed by atoms with Crippen molar-refractivity contribution >= 4 is 17.0 Å². The Hall–Kier alpha value is -2.96. The van der Waals surface area contributed by atoms with Gasteiger partial charge in [0.25, 0.3) is 11.5 Å². The van der Waals surface area contributed by atoms with E-state index < -0.39 is 5.56 Å². The lowest BCUT2D eigenvalue weighted by Gasteiger charge is -2.33. The number of amides is 1. The Bertz CT molecular complexity index is 1000. The molecule has 26 heavy (non-hydrogen) atoms. The van der Waals surface area contributed by atoms with Gasteiger partial charge in [-0.3, -0.25) is 9.59 Å². The Kier molecular flexibility index (Phi) is 4.06. The Morgan fingerprint density at radius 3 is 2.85 bits per heavy atom. The van der Waals surface area contributed by atoms with Gasteiger partial charge in [0, 0.05) is 12.2 Å². The average molecular weight is 352 g/mol. The minimum Gasteiger partial charge on any atom is -0.438 e.